The third-order valence-corrected chi connectivity index (χ3v) is 8.88. The first-order chi connectivity index (χ1) is 19.1. The summed E-state index contributed by atoms with van der Waals surface area (Å²) < 4.78 is 44.7. The number of likely N-dealkylation sites (tertiary alicyclic amines) is 1. The van der Waals surface area contributed by atoms with Crippen LogP contribution in [0.2, 0.25) is 0 Å². The Morgan fingerprint density at radius 1 is 0.950 bits per heavy atom. The van der Waals surface area contributed by atoms with E-state index in [1.165, 1.54) is 54.6 Å². The van der Waals surface area contributed by atoms with Crippen molar-refractivity contribution in [1.29, 1.82) is 0 Å². The highest BCUT2D eigenvalue weighted by Gasteiger charge is 2.31. The van der Waals surface area contributed by atoms with E-state index in [9.17, 15) is 18.0 Å². The third-order valence-electron chi connectivity index (χ3n) is 8.88. The average Bonchev–Trinajstić information content (AvgIpc) is 2.95. The Bertz CT molecular complexity index is 1130. The van der Waals surface area contributed by atoms with E-state index in [-0.39, 0.29) is 17.5 Å². The molecule has 2 saturated heterocycles. The van der Waals surface area contributed by atoms with Gasteiger partial charge < -0.3 is 14.5 Å². The van der Waals surface area contributed by atoms with Crippen molar-refractivity contribution in [2.45, 2.75) is 78.1 Å². The molecular formula is C32H44F3N3O2. The van der Waals surface area contributed by atoms with E-state index < -0.39 is 11.7 Å². The zero-order valence-electron chi connectivity index (χ0n) is 24.4. The van der Waals surface area contributed by atoms with E-state index in [1.807, 2.05) is 0 Å². The molecule has 2 atom stereocenters. The summed E-state index contributed by atoms with van der Waals surface area (Å²) in [7, 11) is 0. The van der Waals surface area contributed by atoms with Gasteiger partial charge in [0.2, 0.25) is 0 Å². The maximum Gasteiger partial charge on any atom is 0.416 e. The molecule has 0 bridgehead atoms. The Morgan fingerprint density at radius 2 is 1.65 bits per heavy atom. The van der Waals surface area contributed by atoms with Gasteiger partial charge >= 0.3 is 6.18 Å². The summed E-state index contributed by atoms with van der Waals surface area (Å²) in [5, 5.41) is 0. The normalized spacial score (nSPS) is 20.0. The molecule has 5 nitrogen and oxygen atoms in total. The molecule has 2 unspecified atom stereocenters. The van der Waals surface area contributed by atoms with Crippen LogP contribution in [-0.4, -0.2) is 72.5 Å². The molecule has 1 amide bonds. The number of piperazine rings is 1. The van der Waals surface area contributed by atoms with Crippen molar-refractivity contribution in [3.05, 3.63) is 64.2 Å². The van der Waals surface area contributed by atoms with Crippen LogP contribution >= 0.6 is 0 Å². The number of halogens is 3. The number of carbonyl (C=O) groups excluding carboxylic acids is 1. The Balaban J connectivity index is 1.26. The fourth-order valence-electron chi connectivity index (χ4n) is 6.01. The molecule has 2 aromatic rings. The fraction of sp³-hybridized carbons (Fsp3) is 0.594. The van der Waals surface area contributed by atoms with Gasteiger partial charge in [0, 0.05) is 43.8 Å². The van der Waals surface area contributed by atoms with Gasteiger partial charge in [-0.25, -0.2) is 0 Å². The third kappa shape index (κ3) is 7.38. The van der Waals surface area contributed by atoms with Crippen molar-refractivity contribution >= 4 is 5.91 Å². The number of nitrogens with zero attached hydrogens (tertiary/aromatic N) is 3. The maximum atomic E-state index is 12.9. The van der Waals surface area contributed by atoms with Crippen LogP contribution in [0.25, 0.3) is 0 Å². The summed E-state index contributed by atoms with van der Waals surface area (Å²) in [6.07, 6.45) is 1.79. The molecule has 0 saturated carbocycles. The first-order valence-electron chi connectivity index (χ1n) is 14.7. The summed E-state index contributed by atoms with van der Waals surface area (Å²) in [6, 6.07) is 9.62. The van der Waals surface area contributed by atoms with Crippen LogP contribution in [0.5, 0.6) is 5.75 Å². The predicted molar refractivity (Wildman–Crippen MR) is 153 cm³/mol. The minimum atomic E-state index is -4.41. The first-order valence-corrected chi connectivity index (χ1v) is 14.7. The zero-order chi connectivity index (χ0) is 28.9. The standard InChI is InChI=1S/C32H44F3N3O2/c1-23-9-5-6-16-36(23)17-7-8-22-40-30-15-14-29(24(2)25(30)3)26(4)37-18-20-38(21-19-37)31(39)27-10-12-28(13-11-27)32(33,34)35/h10-15,23,26H,5-9,16-22H2,1-4H3. The van der Waals surface area contributed by atoms with Crippen molar-refractivity contribution in [1.82, 2.24) is 14.7 Å². The Hall–Kier alpha value is -2.58. The van der Waals surface area contributed by atoms with E-state index in [0.717, 1.165) is 43.9 Å². The average molecular weight is 560 g/mol. The topological polar surface area (TPSA) is 36.0 Å². The van der Waals surface area contributed by atoms with Crippen LogP contribution in [0, 0.1) is 13.8 Å². The van der Waals surface area contributed by atoms with E-state index in [0.29, 0.717) is 32.2 Å². The summed E-state index contributed by atoms with van der Waals surface area (Å²) in [4.78, 5) is 19.6. The molecule has 2 heterocycles. The van der Waals surface area contributed by atoms with Crippen molar-refractivity contribution in [3.8, 4) is 5.75 Å². The molecule has 2 aromatic carbocycles. The van der Waals surface area contributed by atoms with Crippen molar-refractivity contribution in [2.75, 3.05) is 45.9 Å². The highest BCUT2D eigenvalue weighted by molar-refractivity contribution is 5.94. The number of rotatable bonds is 9. The lowest BCUT2D eigenvalue weighted by Crippen LogP contribution is -2.49. The number of benzene rings is 2. The highest BCUT2D eigenvalue weighted by atomic mass is 19.4. The van der Waals surface area contributed by atoms with Crippen LogP contribution in [0.3, 0.4) is 0 Å². The number of piperidine rings is 1. The monoisotopic (exact) mass is 559 g/mol. The zero-order valence-corrected chi connectivity index (χ0v) is 24.4. The lowest BCUT2D eigenvalue weighted by Gasteiger charge is -2.39. The van der Waals surface area contributed by atoms with Gasteiger partial charge in [-0.2, -0.15) is 13.2 Å². The Kier molecular flexibility index (Phi) is 10.2. The number of carbonyl (C=O) groups is 1. The summed E-state index contributed by atoms with van der Waals surface area (Å²) in [5.41, 5.74) is 3.21. The largest absolute Gasteiger partial charge is 0.493 e. The predicted octanol–water partition coefficient (Wildman–Crippen LogP) is 6.87. The number of unbranched alkanes of at least 4 members (excludes halogenated alkanes) is 1. The summed E-state index contributed by atoms with van der Waals surface area (Å²) >= 11 is 0. The van der Waals surface area contributed by atoms with Crippen molar-refractivity contribution in [3.63, 3.8) is 0 Å². The van der Waals surface area contributed by atoms with E-state index in [1.54, 1.807) is 4.90 Å². The molecule has 0 radical (unpaired) electrons. The van der Waals surface area contributed by atoms with Gasteiger partial charge in [0.1, 0.15) is 5.75 Å². The van der Waals surface area contributed by atoms with Crippen molar-refractivity contribution < 1.29 is 22.7 Å². The van der Waals surface area contributed by atoms with Crippen LogP contribution < -0.4 is 4.74 Å². The number of hydrogen-bond donors (Lipinski definition) is 0. The molecule has 0 spiro atoms. The molecule has 2 aliphatic heterocycles. The van der Waals surface area contributed by atoms with Gasteiger partial charge in [-0.05, 0) is 113 Å². The van der Waals surface area contributed by atoms with Crippen LogP contribution in [-0.2, 0) is 6.18 Å². The molecule has 4 rings (SSSR count). The van der Waals surface area contributed by atoms with Crippen LogP contribution in [0.1, 0.15) is 84.6 Å². The smallest absolute Gasteiger partial charge is 0.416 e. The van der Waals surface area contributed by atoms with Gasteiger partial charge in [0.25, 0.3) is 5.91 Å². The second-order valence-corrected chi connectivity index (χ2v) is 11.4. The van der Waals surface area contributed by atoms with E-state index in [2.05, 4.69) is 49.6 Å². The van der Waals surface area contributed by atoms with Gasteiger partial charge in [0.05, 0.1) is 12.2 Å². The second kappa shape index (κ2) is 13.4. The number of ether oxygens (including phenoxy) is 1. The Morgan fingerprint density at radius 3 is 2.30 bits per heavy atom. The molecule has 2 aliphatic rings. The molecule has 2 fully saturated rings. The number of hydrogen-bond acceptors (Lipinski definition) is 4. The lowest BCUT2D eigenvalue weighted by molar-refractivity contribution is -0.137. The molecule has 220 valence electrons. The molecule has 8 heteroatoms. The highest BCUT2D eigenvalue weighted by Crippen LogP contribution is 2.32. The minimum Gasteiger partial charge on any atom is -0.493 e. The molecule has 0 aromatic heterocycles. The second-order valence-electron chi connectivity index (χ2n) is 11.4. The van der Waals surface area contributed by atoms with Crippen LogP contribution in [0.15, 0.2) is 36.4 Å². The Labute approximate surface area is 237 Å². The first kappa shape index (κ1) is 30.4. The molecule has 40 heavy (non-hydrogen) atoms. The maximum absolute atomic E-state index is 12.9. The fourth-order valence-corrected chi connectivity index (χ4v) is 6.01. The minimum absolute atomic E-state index is 0.183. The van der Waals surface area contributed by atoms with E-state index in [4.69, 9.17) is 4.74 Å². The summed E-state index contributed by atoms with van der Waals surface area (Å²) in [5.74, 6) is 0.728. The molecular weight excluding hydrogens is 515 g/mol. The van der Waals surface area contributed by atoms with Gasteiger partial charge in [-0.3, -0.25) is 9.69 Å². The lowest BCUT2D eigenvalue weighted by atomic mass is 9.96. The molecule has 0 aliphatic carbocycles. The number of amides is 1. The van der Waals surface area contributed by atoms with Crippen LogP contribution in [0.4, 0.5) is 13.2 Å². The van der Waals surface area contributed by atoms with Gasteiger partial charge in [0.15, 0.2) is 0 Å². The van der Waals surface area contributed by atoms with Gasteiger partial charge in [-0.15, -0.1) is 0 Å². The number of alkyl halides is 3. The van der Waals surface area contributed by atoms with E-state index >= 15 is 0 Å². The van der Waals surface area contributed by atoms with Gasteiger partial charge in [-0.1, -0.05) is 12.5 Å². The molecule has 0 N–H and O–H groups in total. The SMILES string of the molecule is Cc1c(OCCCCN2CCCCC2C)ccc(C(C)N2CCN(C(=O)c3ccc(C(F)(F)F)cc3)CC2)c1C. The van der Waals surface area contributed by atoms with Crippen molar-refractivity contribution in [2.24, 2.45) is 0 Å². The quantitative estimate of drug-likeness (QED) is 0.314. The summed E-state index contributed by atoms with van der Waals surface area (Å²) in [6.45, 7) is 14.4.